The van der Waals surface area contributed by atoms with E-state index in [9.17, 15) is 17.3 Å². The first-order chi connectivity index (χ1) is 9.95. The Morgan fingerprint density at radius 3 is 1.33 bits per heavy atom. The van der Waals surface area contributed by atoms with Gasteiger partial charge in [-0.15, -0.1) is 0 Å². The predicted molar refractivity (Wildman–Crippen MR) is 81.6 cm³/mol. The largest absolute Gasteiger partial charge is 0.673 e. The van der Waals surface area contributed by atoms with Crippen molar-refractivity contribution >= 4 is 18.1 Å². The van der Waals surface area contributed by atoms with Gasteiger partial charge in [0.15, 0.2) is 0 Å². The molecule has 0 unspecified atom stereocenters. The van der Waals surface area contributed by atoms with Gasteiger partial charge < -0.3 is 17.3 Å². The Hall–Kier alpha value is -1.43. The molecule has 1 fully saturated rings. The van der Waals surface area contributed by atoms with Crippen molar-refractivity contribution in [3.05, 3.63) is 60.7 Å². The number of rotatable bonds is 3. The average Bonchev–Trinajstić information content (AvgIpc) is 3.24. The van der Waals surface area contributed by atoms with Crippen LogP contribution in [0.5, 0.6) is 0 Å². The summed E-state index contributed by atoms with van der Waals surface area (Å²) in [6.07, 6.45) is 2.82. The SMILES string of the molecule is F[B-](F)(F)F.c1ccc([SH](c2ccccc2)C2CC2)cc1. The highest BCUT2D eigenvalue weighted by molar-refractivity contribution is 8.17. The van der Waals surface area contributed by atoms with Crippen LogP contribution in [0.3, 0.4) is 0 Å². The topological polar surface area (TPSA) is 0 Å². The molecule has 0 atom stereocenters. The van der Waals surface area contributed by atoms with E-state index in [1.807, 2.05) is 0 Å². The van der Waals surface area contributed by atoms with Crippen molar-refractivity contribution in [3.8, 4) is 0 Å². The maximum absolute atomic E-state index is 9.75. The summed E-state index contributed by atoms with van der Waals surface area (Å²) in [7, 11) is -6.10. The number of halogens is 4. The summed E-state index contributed by atoms with van der Waals surface area (Å²) in [6.45, 7) is 0. The second kappa shape index (κ2) is 7.03. The van der Waals surface area contributed by atoms with Crippen LogP contribution in [-0.2, 0) is 0 Å². The van der Waals surface area contributed by atoms with E-state index in [1.54, 1.807) is 0 Å². The van der Waals surface area contributed by atoms with Gasteiger partial charge in [-0.3, -0.25) is 0 Å². The lowest BCUT2D eigenvalue weighted by Gasteiger charge is -2.22. The van der Waals surface area contributed by atoms with Crippen molar-refractivity contribution in [2.75, 3.05) is 0 Å². The molecule has 2 aromatic rings. The van der Waals surface area contributed by atoms with Crippen LogP contribution in [0.2, 0.25) is 0 Å². The zero-order chi connectivity index (χ0) is 15.3. The van der Waals surface area contributed by atoms with E-state index in [4.69, 9.17) is 0 Å². The van der Waals surface area contributed by atoms with E-state index in [0.29, 0.717) is 0 Å². The third-order valence-electron chi connectivity index (χ3n) is 2.98. The Balaban J connectivity index is 0.000000282. The van der Waals surface area contributed by atoms with Crippen molar-refractivity contribution in [2.45, 2.75) is 27.9 Å². The maximum atomic E-state index is 9.75. The summed E-state index contributed by atoms with van der Waals surface area (Å²) < 4.78 is 39.0. The third-order valence-corrected chi connectivity index (χ3v) is 5.94. The smallest absolute Gasteiger partial charge is 0.418 e. The molecule has 0 spiro atoms. The molecule has 1 aliphatic rings. The molecule has 1 aliphatic carbocycles. The zero-order valence-electron chi connectivity index (χ0n) is 11.3. The lowest BCUT2D eigenvalue weighted by molar-refractivity contribution is 0.368. The normalized spacial score (nSPS) is 15.0. The van der Waals surface area contributed by atoms with Gasteiger partial charge in [-0.25, -0.2) is 0 Å². The molecule has 6 heteroatoms. The van der Waals surface area contributed by atoms with Gasteiger partial charge in [0.1, 0.15) is 0 Å². The van der Waals surface area contributed by atoms with Crippen LogP contribution in [0.1, 0.15) is 12.8 Å². The van der Waals surface area contributed by atoms with Gasteiger partial charge in [-0.1, -0.05) is 36.4 Å². The van der Waals surface area contributed by atoms with E-state index in [0.717, 1.165) is 5.25 Å². The van der Waals surface area contributed by atoms with Crippen LogP contribution in [0.15, 0.2) is 70.5 Å². The molecule has 3 rings (SSSR count). The molecule has 21 heavy (non-hydrogen) atoms. The van der Waals surface area contributed by atoms with Gasteiger partial charge in [-0.05, 0) is 52.1 Å². The molecule has 0 heterocycles. The maximum Gasteiger partial charge on any atom is 0.673 e. The highest BCUT2D eigenvalue weighted by Crippen LogP contribution is 2.56. The van der Waals surface area contributed by atoms with Crippen LogP contribution in [-0.4, -0.2) is 12.5 Å². The minimum Gasteiger partial charge on any atom is -0.418 e. The standard InChI is InChI=1S/C15H16S.BF4/c1-3-7-13(8-4-1)16(15-11-12-15)14-9-5-2-6-10-14;2-1(3,4)5/h1-10,15-16H,11-12H2;/q;-1. The summed E-state index contributed by atoms with van der Waals surface area (Å²) in [5.74, 6) is 0. The molecule has 2 aromatic carbocycles. The minimum atomic E-state index is -6.00. The Labute approximate surface area is 124 Å². The molecule has 0 nitrogen and oxygen atoms in total. The second-order valence-corrected chi connectivity index (χ2v) is 7.27. The van der Waals surface area contributed by atoms with Crippen LogP contribution in [0.4, 0.5) is 17.3 Å². The van der Waals surface area contributed by atoms with Crippen LogP contribution in [0, 0.1) is 0 Å². The summed E-state index contributed by atoms with van der Waals surface area (Å²) in [5, 5.41) is 0.930. The number of thiol groups is 1. The summed E-state index contributed by atoms with van der Waals surface area (Å²) in [6, 6.07) is 22.0. The fourth-order valence-electron chi connectivity index (χ4n) is 2.08. The van der Waals surface area contributed by atoms with E-state index >= 15 is 0 Å². The first-order valence-corrected chi connectivity index (χ1v) is 8.13. The Morgan fingerprint density at radius 2 is 1.05 bits per heavy atom. The molecular weight excluding hydrogens is 299 g/mol. The molecule has 0 radical (unpaired) electrons. The van der Waals surface area contributed by atoms with E-state index < -0.39 is 7.25 Å². The number of hydrogen-bond acceptors (Lipinski definition) is 0. The van der Waals surface area contributed by atoms with Gasteiger partial charge in [0.2, 0.25) is 0 Å². The second-order valence-electron chi connectivity index (χ2n) is 4.77. The summed E-state index contributed by atoms with van der Waals surface area (Å²) in [5.41, 5.74) is 0. The fraction of sp³-hybridized carbons (Fsp3) is 0.200. The highest BCUT2D eigenvalue weighted by atomic mass is 32.2. The van der Waals surface area contributed by atoms with Crippen LogP contribution in [0.25, 0.3) is 0 Å². The lowest BCUT2D eigenvalue weighted by Crippen LogP contribution is -2.02. The average molecular weight is 315 g/mol. The van der Waals surface area contributed by atoms with Gasteiger partial charge in [0, 0.05) is 0 Å². The first kappa shape index (κ1) is 16.0. The molecule has 1 saturated carbocycles. The molecule has 0 saturated heterocycles. The minimum absolute atomic E-state index is 0.0988. The van der Waals surface area contributed by atoms with Gasteiger partial charge in [0.05, 0.1) is 0 Å². The van der Waals surface area contributed by atoms with Gasteiger partial charge >= 0.3 is 7.25 Å². The molecule has 0 aromatic heterocycles. The quantitative estimate of drug-likeness (QED) is 0.427. The van der Waals surface area contributed by atoms with E-state index in [-0.39, 0.29) is 10.9 Å². The molecule has 114 valence electrons. The first-order valence-electron chi connectivity index (χ1n) is 6.72. The molecule has 0 amide bonds. The number of hydrogen-bond donors (Lipinski definition) is 1. The van der Waals surface area contributed by atoms with Crippen molar-refractivity contribution in [1.29, 1.82) is 0 Å². The molecule has 0 N–H and O–H groups in total. The van der Waals surface area contributed by atoms with E-state index in [1.165, 1.54) is 22.6 Å². The molecule has 0 aliphatic heterocycles. The Morgan fingerprint density at radius 1 is 0.714 bits per heavy atom. The van der Waals surface area contributed by atoms with Gasteiger partial charge in [0.25, 0.3) is 0 Å². The number of benzene rings is 2. The Bertz CT molecular complexity index is 495. The molecule has 0 bridgehead atoms. The monoisotopic (exact) mass is 315 g/mol. The molecular formula is C15H16BF4S-. The van der Waals surface area contributed by atoms with Crippen LogP contribution < -0.4 is 0 Å². The van der Waals surface area contributed by atoms with Gasteiger partial charge in [-0.2, -0.15) is 10.9 Å². The van der Waals surface area contributed by atoms with Crippen molar-refractivity contribution in [1.82, 2.24) is 0 Å². The predicted octanol–water partition coefficient (Wildman–Crippen LogP) is 5.57. The Kier molecular flexibility index (Phi) is 5.34. The summed E-state index contributed by atoms with van der Waals surface area (Å²) >= 11 is 0. The van der Waals surface area contributed by atoms with E-state index in [2.05, 4.69) is 60.7 Å². The zero-order valence-corrected chi connectivity index (χ0v) is 12.2. The third kappa shape index (κ3) is 5.83. The highest BCUT2D eigenvalue weighted by Gasteiger charge is 2.30. The summed E-state index contributed by atoms with van der Waals surface area (Å²) in [4.78, 5) is 3.07. The van der Waals surface area contributed by atoms with Crippen molar-refractivity contribution in [3.63, 3.8) is 0 Å². The van der Waals surface area contributed by atoms with Crippen molar-refractivity contribution < 1.29 is 17.3 Å². The van der Waals surface area contributed by atoms with Crippen molar-refractivity contribution in [2.24, 2.45) is 0 Å². The fourth-order valence-corrected chi connectivity index (χ4v) is 4.87. The van der Waals surface area contributed by atoms with Crippen LogP contribution >= 0.6 is 10.9 Å². The lowest BCUT2D eigenvalue weighted by atomic mass is 10.3.